The van der Waals surface area contributed by atoms with Gasteiger partial charge in [-0.3, -0.25) is 9.79 Å². The van der Waals surface area contributed by atoms with E-state index in [1.807, 2.05) is 36.6 Å². The number of aryl methyl sites for hydroxylation is 1. The van der Waals surface area contributed by atoms with E-state index in [2.05, 4.69) is 15.3 Å². The van der Waals surface area contributed by atoms with Crippen molar-refractivity contribution in [3.8, 4) is 0 Å². The lowest BCUT2D eigenvalue weighted by Crippen LogP contribution is -2.36. The van der Waals surface area contributed by atoms with Gasteiger partial charge in [0.1, 0.15) is 5.92 Å². The maximum Gasteiger partial charge on any atom is 0.336 e. The van der Waals surface area contributed by atoms with Crippen LogP contribution in [0.25, 0.3) is 0 Å². The minimum absolute atomic E-state index is 0.357. The zero-order chi connectivity index (χ0) is 21.1. The number of nitrogens with zero attached hydrogens (tertiary/aromatic N) is 2. The van der Waals surface area contributed by atoms with Crippen molar-refractivity contribution in [3.63, 3.8) is 0 Å². The van der Waals surface area contributed by atoms with Gasteiger partial charge >= 0.3 is 11.9 Å². The Bertz CT molecular complexity index is 1010. The number of allylic oxidation sites excluding steroid dienone is 1. The Kier molecular flexibility index (Phi) is 6.12. The number of esters is 2. The second kappa shape index (κ2) is 8.57. The van der Waals surface area contributed by atoms with E-state index in [9.17, 15) is 9.59 Å². The maximum atomic E-state index is 12.6. The number of hydrogen-bond acceptors (Lipinski definition) is 8. The Hall–Kier alpha value is -3.00. The predicted molar refractivity (Wildman–Crippen MR) is 113 cm³/mol. The van der Waals surface area contributed by atoms with Crippen molar-refractivity contribution in [3.05, 3.63) is 52.2 Å². The first-order chi connectivity index (χ1) is 13.8. The molecule has 2 heterocycles. The molecule has 0 saturated carbocycles. The molecule has 0 bridgehead atoms. The molecule has 2 unspecified atom stereocenters. The number of ether oxygens (including phenoxy) is 2. The molecule has 0 fully saturated rings. The fraction of sp³-hybridized carbons (Fsp3) is 0.333. The highest BCUT2D eigenvalue weighted by Gasteiger charge is 2.42. The average Bonchev–Trinajstić information content (AvgIpc) is 3.11. The van der Waals surface area contributed by atoms with E-state index in [0.717, 1.165) is 22.1 Å². The second-order valence-corrected chi connectivity index (χ2v) is 7.62. The molecule has 7 nitrogen and oxygen atoms in total. The SMILES string of the molecule is COC(=O)C1=C(C)N=C(C)C(C(=O)OC)C1c1cccc(Nc2nc(C)cs2)c1. The second-order valence-electron chi connectivity index (χ2n) is 6.77. The number of methoxy groups -OCH3 is 2. The van der Waals surface area contributed by atoms with E-state index in [1.54, 1.807) is 13.8 Å². The van der Waals surface area contributed by atoms with Gasteiger partial charge in [-0.05, 0) is 38.5 Å². The number of hydrogen-bond donors (Lipinski definition) is 1. The Morgan fingerprint density at radius 3 is 2.52 bits per heavy atom. The van der Waals surface area contributed by atoms with Crippen molar-refractivity contribution in [2.45, 2.75) is 26.7 Å². The molecule has 1 aromatic heterocycles. The van der Waals surface area contributed by atoms with Crippen molar-refractivity contribution in [1.29, 1.82) is 0 Å². The zero-order valence-corrected chi connectivity index (χ0v) is 17.8. The summed E-state index contributed by atoms with van der Waals surface area (Å²) in [5.74, 6) is -2.23. The predicted octanol–water partition coefficient (Wildman–Crippen LogP) is 3.99. The molecule has 1 aliphatic heterocycles. The van der Waals surface area contributed by atoms with Crippen molar-refractivity contribution < 1.29 is 19.1 Å². The van der Waals surface area contributed by atoms with Crippen molar-refractivity contribution in [1.82, 2.24) is 4.98 Å². The molecule has 1 aliphatic rings. The number of nitrogens with one attached hydrogen (secondary N) is 1. The first-order valence-corrected chi connectivity index (χ1v) is 9.94. The normalized spacial score (nSPS) is 18.9. The van der Waals surface area contributed by atoms with Gasteiger partial charge in [-0.1, -0.05) is 12.1 Å². The molecule has 2 aromatic rings. The number of carbonyl (C=O) groups is 2. The van der Waals surface area contributed by atoms with Crippen molar-refractivity contribution in [2.24, 2.45) is 10.9 Å². The van der Waals surface area contributed by atoms with Crippen molar-refractivity contribution >= 4 is 39.8 Å². The number of benzene rings is 1. The molecule has 0 radical (unpaired) electrons. The van der Waals surface area contributed by atoms with Crippen LogP contribution in [-0.2, 0) is 19.1 Å². The smallest absolute Gasteiger partial charge is 0.336 e. The number of carbonyl (C=O) groups excluding carboxylic acids is 2. The van der Waals surface area contributed by atoms with Gasteiger partial charge in [0, 0.05) is 28.4 Å². The van der Waals surface area contributed by atoms with Gasteiger partial charge in [0.2, 0.25) is 0 Å². The van der Waals surface area contributed by atoms with Gasteiger partial charge in [-0.2, -0.15) is 0 Å². The summed E-state index contributed by atoms with van der Waals surface area (Å²) in [6.07, 6.45) is 0. The lowest BCUT2D eigenvalue weighted by Gasteiger charge is -2.31. The van der Waals surface area contributed by atoms with Crippen LogP contribution in [0.15, 0.2) is 45.9 Å². The molecule has 152 valence electrons. The maximum absolute atomic E-state index is 12.6. The first-order valence-electron chi connectivity index (χ1n) is 9.07. The third kappa shape index (κ3) is 4.22. The molecular formula is C21H23N3O4S. The summed E-state index contributed by atoms with van der Waals surface area (Å²) < 4.78 is 10.0. The minimum Gasteiger partial charge on any atom is -0.468 e. The lowest BCUT2D eigenvalue weighted by atomic mass is 9.75. The Morgan fingerprint density at radius 1 is 1.14 bits per heavy atom. The minimum atomic E-state index is -0.713. The summed E-state index contributed by atoms with van der Waals surface area (Å²) in [5, 5.41) is 6.00. The molecule has 0 spiro atoms. The third-order valence-electron chi connectivity index (χ3n) is 4.80. The van der Waals surface area contributed by atoms with E-state index in [-0.39, 0.29) is 0 Å². The van der Waals surface area contributed by atoms with E-state index in [0.29, 0.717) is 17.0 Å². The van der Waals surface area contributed by atoms with Crippen LogP contribution in [0.4, 0.5) is 10.8 Å². The van der Waals surface area contributed by atoms with Crippen LogP contribution >= 0.6 is 11.3 Å². The topological polar surface area (TPSA) is 89.9 Å². The van der Waals surface area contributed by atoms with Crippen LogP contribution in [0, 0.1) is 12.8 Å². The van der Waals surface area contributed by atoms with E-state index in [1.165, 1.54) is 25.6 Å². The summed E-state index contributed by atoms with van der Waals surface area (Å²) in [7, 11) is 2.65. The third-order valence-corrected chi connectivity index (χ3v) is 5.68. The molecular weight excluding hydrogens is 390 g/mol. The molecule has 1 N–H and O–H groups in total. The summed E-state index contributed by atoms with van der Waals surface area (Å²) >= 11 is 1.51. The average molecular weight is 413 g/mol. The molecule has 0 saturated heterocycles. The summed E-state index contributed by atoms with van der Waals surface area (Å²) in [6, 6.07) is 7.57. The summed E-state index contributed by atoms with van der Waals surface area (Å²) in [6.45, 7) is 5.45. The van der Waals surface area contributed by atoms with Crippen LogP contribution in [0.1, 0.15) is 31.0 Å². The molecule has 8 heteroatoms. The number of rotatable bonds is 5. The Balaban J connectivity index is 2.08. The number of anilines is 2. The molecule has 2 atom stereocenters. The zero-order valence-electron chi connectivity index (χ0n) is 17.0. The standard InChI is InChI=1S/C21H23N3O4S/c1-11-10-29-21(22-11)24-15-8-6-7-14(9-15)18-16(19(25)27-4)12(2)23-13(3)17(18)20(26)28-5/h6-10,16,18H,1-5H3,(H,22,24). The summed E-state index contributed by atoms with van der Waals surface area (Å²) in [4.78, 5) is 34.0. The molecule has 3 rings (SSSR count). The Labute approximate surface area is 173 Å². The highest BCUT2D eigenvalue weighted by Crippen LogP contribution is 2.40. The lowest BCUT2D eigenvalue weighted by molar-refractivity contribution is -0.143. The van der Waals surface area contributed by atoms with Crippen LogP contribution in [0.3, 0.4) is 0 Å². The molecule has 0 amide bonds. The largest absolute Gasteiger partial charge is 0.468 e. The number of thiazole rings is 1. The van der Waals surface area contributed by atoms with Crippen LogP contribution in [-0.4, -0.2) is 36.9 Å². The van der Waals surface area contributed by atoms with Crippen LogP contribution in [0.2, 0.25) is 0 Å². The van der Waals surface area contributed by atoms with Crippen molar-refractivity contribution in [2.75, 3.05) is 19.5 Å². The first kappa shape index (κ1) is 20.7. The molecule has 29 heavy (non-hydrogen) atoms. The molecule has 0 aliphatic carbocycles. The number of aromatic nitrogens is 1. The van der Waals surface area contributed by atoms with Gasteiger partial charge in [0.05, 0.1) is 25.5 Å². The fourth-order valence-corrected chi connectivity index (χ4v) is 4.26. The van der Waals surface area contributed by atoms with Gasteiger partial charge < -0.3 is 14.8 Å². The van der Waals surface area contributed by atoms with Crippen LogP contribution < -0.4 is 5.32 Å². The van der Waals surface area contributed by atoms with E-state index < -0.39 is 23.8 Å². The van der Waals surface area contributed by atoms with Gasteiger partial charge in [-0.15, -0.1) is 11.3 Å². The van der Waals surface area contributed by atoms with E-state index >= 15 is 0 Å². The van der Waals surface area contributed by atoms with Gasteiger partial charge in [-0.25, -0.2) is 9.78 Å². The van der Waals surface area contributed by atoms with Crippen LogP contribution in [0.5, 0.6) is 0 Å². The monoisotopic (exact) mass is 413 g/mol. The van der Waals surface area contributed by atoms with Gasteiger partial charge in [0.15, 0.2) is 5.13 Å². The van der Waals surface area contributed by atoms with E-state index in [4.69, 9.17) is 9.47 Å². The highest BCUT2D eigenvalue weighted by molar-refractivity contribution is 7.13. The number of aliphatic imine (C=N–C) groups is 1. The van der Waals surface area contributed by atoms with Gasteiger partial charge in [0.25, 0.3) is 0 Å². The summed E-state index contributed by atoms with van der Waals surface area (Å²) in [5.41, 5.74) is 4.02. The fourth-order valence-electron chi connectivity index (χ4n) is 3.55. The Morgan fingerprint density at radius 2 is 1.90 bits per heavy atom. The highest BCUT2D eigenvalue weighted by atomic mass is 32.1. The quantitative estimate of drug-likeness (QED) is 0.746. The molecule has 1 aromatic carbocycles.